The Morgan fingerprint density at radius 2 is 1.86 bits per heavy atom. The van der Waals surface area contributed by atoms with Crippen LogP contribution >= 0.6 is 0 Å². The maximum atomic E-state index is 14.6. The van der Waals surface area contributed by atoms with Gasteiger partial charge in [0, 0.05) is 28.3 Å². The number of benzene rings is 2. The van der Waals surface area contributed by atoms with E-state index in [2.05, 4.69) is 9.97 Å². The third kappa shape index (κ3) is 4.92. The maximum absolute atomic E-state index is 14.6. The first-order chi connectivity index (χ1) is 20.7. The number of carbonyl (C=O) groups is 2. The summed E-state index contributed by atoms with van der Waals surface area (Å²) >= 11 is 0. The standard InChI is InChI=1S/C29H22F6N4O5/c1-43-19-10-16(9-15-3-2-8-37-21(15)19)24(40)38-12-28(42,29(33,34)35)20-11-18-23(44-13-27(18,25(31)32)26(36)41)22(39-20)14-4-6-17(30)7-5-14/h2-11,25,42H,12-13H2,1H3,(H2,36,41)(H,38,40). The van der Waals surface area contributed by atoms with Crippen LogP contribution in [0.3, 0.4) is 0 Å². The number of methoxy groups -OCH3 is 1. The van der Waals surface area contributed by atoms with Gasteiger partial charge in [0.15, 0.2) is 5.41 Å². The molecule has 2 aromatic carbocycles. The van der Waals surface area contributed by atoms with Crippen LogP contribution in [0.25, 0.3) is 22.2 Å². The van der Waals surface area contributed by atoms with Crippen molar-refractivity contribution in [2.45, 2.75) is 23.6 Å². The molecule has 1 aliphatic heterocycles. The van der Waals surface area contributed by atoms with Crippen LogP contribution in [0.1, 0.15) is 21.6 Å². The van der Waals surface area contributed by atoms with Crippen molar-refractivity contribution >= 4 is 22.7 Å². The Morgan fingerprint density at radius 1 is 1.16 bits per heavy atom. The van der Waals surface area contributed by atoms with Crippen LogP contribution in [0.5, 0.6) is 11.5 Å². The van der Waals surface area contributed by atoms with Gasteiger partial charge >= 0.3 is 6.18 Å². The number of nitrogens with two attached hydrogens (primary N) is 1. The summed E-state index contributed by atoms with van der Waals surface area (Å²) in [5.41, 5.74) is -3.92. The van der Waals surface area contributed by atoms with Crippen molar-refractivity contribution in [3.8, 4) is 22.8 Å². The molecule has 4 N–H and O–H groups in total. The van der Waals surface area contributed by atoms with E-state index in [1.165, 1.54) is 25.4 Å². The molecule has 0 aliphatic carbocycles. The van der Waals surface area contributed by atoms with Gasteiger partial charge in [-0.25, -0.2) is 18.2 Å². The van der Waals surface area contributed by atoms with Crippen molar-refractivity contribution in [3.63, 3.8) is 0 Å². The molecule has 0 bridgehead atoms. The number of pyridine rings is 2. The van der Waals surface area contributed by atoms with Crippen LogP contribution in [0, 0.1) is 5.82 Å². The van der Waals surface area contributed by atoms with Crippen molar-refractivity contribution in [3.05, 3.63) is 83.4 Å². The van der Waals surface area contributed by atoms with E-state index < -0.39 is 77.1 Å². The minimum atomic E-state index is -5.55. The smallest absolute Gasteiger partial charge is 0.424 e. The summed E-state index contributed by atoms with van der Waals surface area (Å²) in [4.78, 5) is 33.4. The average molecular weight is 621 g/mol. The van der Waals surface area contributed by atoms with E-state index in [1.807, 2.05) is 5.32 Å². The highest BCUT2D eigenvalue weighted by molar-refractivity contribution is 6.00. The number of ether oxygens (including phenoxy) is 2. The van der Waals surface area contributed by atoms with Gasteiger partial charge in [0.05, 0.1) is 19.3 Å². The maximum Gasteiger partial charge on any atom is 0.424 e. The molecule has 0 saturated carbocycles. The van der Waals surface area contributed by atoms with Gasteiger partial charge in [-0.2, -0.15) is 13.2 Å². The molecule has 2 atom stereocenters. The summed E-state index contributed by atoms with van der Waals surface area (Å²) < 4.78 is 96.8. The van der Waals surface area contributed by atoms with Gasteiger partial charge in [0.2, 0.25) is 11.5 Å². The number of fused-ring (bicyclic) bond motifs is 2. The highest BCUT2D eigenvalue weighted by Crippen LogP contribution is 2.49. The third-order valence-corrected chi connectivity index (χ3v) is 7.38. The number of aliphatic hydroxyl groups is 1. The zero-order valence-corrected chi connectivity index (χ0v) is 22.6. The Bertz CT molecular complexity index is 1770. The van der Waals surface area contributed by atoms with E-state index >= 15 is 0 Å². The third-order valence-electron chi connectivity index (χ3n) is 7.38. The number of nitrogens with zero attached hydrogens (tertiary/aromatic N) is 2. The summed E-state index contributed by atoms with van der Waals surface area (Å²) in [6.07, 6.45) is -7.61. The molecule has 230 valence electrons. The fraction of sp³-hybridized carbons (Fsp3) is 0.241. The molecule has 0 fully saturated rings. The summed E-state index contributed by atoms with van der Waals surface area (Å²) in [6, 6.07) is 10.2. The van der Waals surface area contributed by atoms with Crippen LogP contribution in [0.15, 0.2) is 60.8 Å². The second kappa shape index (κ2) is 11.0. The molecule has 0 spiro atoms. The molecule has 2 unspecified atom stereocenters. The molecule has 2 amide bonds. The topological polar surface area (TPSA) is 137 Å². The lowest BCUT2D eigenvalue weighted by atomic mass is 9.80. The summed E-state index contributed by atoms with van der Waals surface area (Å²) in [6.45, 7) is -2.56. The quantitative estimate of drug-likeness (QED) is 0.253. The van der Waals surface area contributed by atoms with Crippen molar-refractivity contribution in [2.24, 2.45) is 5.73 Å². The Morgan fingerprint density at radius 3 is 2.48 bits per heavy atom. The predicted octanol–water partition coefficient (Wildman–Crippen LogP) is 4.01. The molecular weight excluding hydrogens is 598 g/mol. The normalized spacial score (nSPS) is 17.6. The molecule has 1 aliphatic rings. The van der Waals surface area contributed by atoms with Crippen LogP contribution < -0.4 is 20.5 Å². The van der Waals surface area contributed by atoms with Crippen LogP contribution in [-0.2, 0) is 15.8 Å². The minimum absolute atomic E-state index is 0.0792. The Kier molecular flexibility index (Phi) is 7.61. The number of aromatic nitrogens is 2. The van der Waals surface area contributed by atoms with Gasteiger partial charge in [-0.3, -0.25) is 14.6 Å². The number of amides is 2. The van der Waals surface area contributed by atoms with Crippen LogP contribution in [0.2, 0.25) is 0 Å². The van der Waals surface area contributed by atoms with Crippen LogP contribution in [-0.4, -0.2) is 59.8 Å². The number of halogens is 6. The number of hydrogen-bond acceptors (Lipinski definition) is 7. The number of primary amides is 1. The first-order valence-electron chi connectivity index (χ1n) is 12.8. The average Bonchev–Trinajstić information content (AvgIpc) is 3.39. The monoisotopic (exact) mass is 620 g/mol. The largest absolute Gasteiger partial charge is 0.494 e. The summed E-state index contributed by atoms with van der Waals surface area (Å²) in [7, 11) is 1.31. The zero-order valence-electron chi connectivity index (χ0n) is 22.6. The van der Waals surface area contributed by atoms with E-state index in [-0.39, 0.29) is 16.9 Å². The second-order valence-corrected chi connectivity index (χ2v) is 9.96. The lowest BCUT2D eigenvalue weighted by Gasteiger charge is -2.32. The molecule has 0 radical (unpaired) electrons. The van der Waals surface area contributed by atoms with E-state index in [0.29, 0.717) is 17.0 Å². The van der Waals surface area contributed by atoms with E-state index in [0.717, 1.165) is 24.3 Å². The molecule has 3 heterocycles. The number of hydrogen-bond donors (Lipinski definition) is 3. The number of carbonyl (C=O) groups excluding carboxylic acids is 2. The summed E-state index contributed by atoms with van der Waals surface area (Å²) in [5.74, 6) is -3.73. The van der Waals surface area contributed by atoms with Gasteiger partial charge in [-0.05, 0) is 48.5 Å². The van der Waals surface area contributed by atoms with Gasteiger partial charge in [0.25, 0.3) is 12.3 Å². The number of alkyl halides is 5. The molecule has 2 aromatic heterocycles. The number of nitrogens with one attached hydrogen (secondary N) is 1. The van der Waals surface area contributed by atoms with Crippen LogP contribution in [0.4, 0.5) is 26.3 Å². The second-order valence-electron chi connectivity index (χ2n) is 9.96. The molecule has 4 aromatic rings. The van der Waals surface area contributed by atoms with E-state index in [4.69, 9.17) is 15.2 Å². The zero-order chi connectivity index (χ0) is 32.0. The lowest BCUT2D eigenvalue weighted by Crippen LogP contribution is -2.52. The van der Waals surface area contributed by atoms with E-state index in [1.54, 1.807) is 12.1 Å². The first kappa shape index (κ1) is 30.5. The first-order valence-corrected chi connectivity index (χ1v) is 12.8. The van der Waals surface area contributed by atoms with Crippen molar-refractivity contribution in [1.82, 2.24) is 15.3 Å². The molecule has 9 nitrogen and oxygen atoms in total. The van der Waals surface area contributed by atoms with Crippen molar-refractivity contribution < 1.29 is 50.5 Å². The van der Waals surface area contributed by atoms with E-state index in [9.17, 15) is 41.0 Å². The summed E-state index contributed by atoms with van der Waals surface area (Å²) in [5, 5.41) is 13.6. The highest BCUT2D eigenvalue weighted by atomic mass is 19.4. The van der Waals surface area contributed by atoms with Gasteiger partial charge in [-0.15, -0.1) is 0 Å². The lowest BCUT2D eigenvalue weighted by molar-refractivity contribution is -0.265. The van der Waals surface area contributed by atoms with Crippen molar-refractivity contribution in [1.29, 1.82) is 0 Å². The van der Waals surface area contributed by atoms with Gasteiger partial charge < -0.3 is 25.6 Å². The number of rotatable bonds is 8. The molecule has 5 rings (SSSR count). The fourth-order valence-corrected chi connectivity index (χ4v) is 4.87. The molecule has 44 heavy (non-hydrogen) atoms. The van der Waals surface area contributed by atoms with Gasteiger partial charge in [-0.1, -0.05) is 6.07 Å². The fourth-order valence-electron chi connectivity index (χ4n) is 4.87. The Balaban J connectivity index is 1.63. The predicted molar refractivity (Wildman–Crippen MR) is 143 cm³/mol. The van der Waals surface area contributed by atoms with Gasteiger partial charge in [0.1, 0.15) is 35.1 Å². The van der Waals surface area contributed by atoms with Crippen molar-refractivity contribution in [2.75, 3.05) is 20.3 Å². The Hall–Kier alpha value is -4.92. The molecule has 15 heteroatoms. The minimum Gasteiger partial charge on any atom is -0.494 e. The molecule has 0 saturated heterocycles. The SMILES string of the molecule is COc1cc(C(=O)NCC(O)(c2cc3c(c(-c4ccc(F)cc4)n2)OCC3(C(N)=O)C(F)F)C(F)(F)F)cc2cccnc12. The highest BCUT2D eigenvalue weighted by Gasteiger charge is 2.59. The Labute approximate surface area is 244 Å². The molecular formula is C29H22F6N4O5.